The van der Waals surface area contributed by atoms with Crippen molar-refractivity contribution in [3.05, 3.63) is 70.5 Å². The number of carbonyl (C=O) groups excluding carboxylic acids is 2. The lowest BCUT2D eigenvalue weighted by atomic mass is 10.2. The van der Waals surface area contributed by atoms with Crippen LogP contribution in [0, 0.1) is 0 Å². The van der Waals surface area contributed by atoms with E-state index >= 15 is 0 Å². The number of benzene rings is 1. The quantitative estimate of drug-likeness (QED) is 0.682. The van der Waals surface area contributed by atoms with Crippen molar-refractivity contribution < 1.29 is 14.3 Å². The van der Waals surface area contributed by atoms with Crippen LogP contribution >= 0.6 is 11.3 Å². The molecule has 0 saturated carbocycles. The van der Waals surface area contributed by atoms with Crippen molar-refractivity contribution in [3.63, 3.8) is 0 Å². The molecule has 1 saturated heterocycles. The average molecular weight is 423 g/mol. The molecule has 7 nitrogen and oxygen atoms in total. The van der Waals surface area contributed by atoms with Gasteiger partial charge >= 0.3 is 0 Å². The molecular weight excluding hydrogens is 400 g/mol. The summed E-state index contributed by atoms with van der Waals surface area (Å²) < 4.78 is 5.24. The van der Waals surface area contributed by atoms with Crippen LogP contribution in [-0.2, 0) is 0 Å². The van der Waals surface area contributed by atoms with Crippen LogP contribution in [0.15, 0.2) is 60.1 Å². The monoisotopic (exact) mass is 422 g/mol. The number of hydrogen-bond donors (Lipinski definition) is 1. The Morgan fingerprint density at radius 3 is 2.50 bits per heavy atom. The van der Waals surface area contributed by atoms with Crippen LogP contribution in [0.2, 0.25) is 0 Å². The third-order valence-electron chi connectivity index (χ3n) is 4.98. The highest BCUT2D eigenvalue weighted by Crippen LogP contribution is 2.21. The molecule has 0 radical (unpaired) electrons. The molecule has 1 aliphatic heterocycles. The fourth-order valence-electron chi connectivity index (χ4n) is 3.37. The van der Waals surface area contributed by atoms with Gasteiger partial charge in [-0.2, -0.15) is 0 Å². The molecule has 1 N–H and O–H groups in total. The average Bonchev–Trinajstić information content (AvgIpc) is 3.34. The van der Waals surface area contributed by atoms with Crippen molar-refractivity contribution in [2.24, 2.45) is 0 Å². The van der Waals surface area contributed by atoms with Crippen molar-refractivity contribution in [1.29, 1.82) is 0 Å². The highest BCUT2D eigenvalue weighted by molar-refractivity contribution is 7.12. The Morgan fingerprint density at radius 1 is 1.03 bits per heavy atom. The van der Waals surface area contributed by atoms with Crippen LogP contribution in [0.25, 0.3) is 0 Å². The number of nitrogens with one attached hydrogen (secondary N) is 1. The first-order valence-electron chi connectivity index (χ1n) is 9.64. The third-order valence-corrected chi connectivity index (χ3v) is 5.84. The minimum atomic E-state index is -0.247. The Balaban J connectivity index is 1.35. The molecule has 8 heteroatoms. The number of piperazine rings is 1. The molecule has 2 aromatic heterocycles. The molecule has 0 atom stereocenters. The van der Waals surface area contributed by atoms with Gasteiger partial charge in [0.25, 0.3) is 11.8 Å². The van der Waals surface area contributed by atoms with Gasteiger partial charge in [0, 0.05) is 26.2 Å². The van der Waals surface area contributed by atoms with Gasteiger partial charge in [-0.1, -0.05) is 18.2 Å². The van der Waals surface area contributed by atoms with Crippen LogP contribution in [0.5, 0.6) is 5.75 Å². The highest BCUT2D eigenvalue weighted by atomic mass is 32.1. The van der Waals surface area contributed by atoms with E-state index in [0.29, 0.717) is 30.1 Å². The molecule has 3 aromatic rings. The van der Waals surface area contributed by atoms with Gasteiger partial charge in [-0.25, -0.2) is 4.98 Å². The van der Waals surface area contributed by atoms with E-state index in [1.54, 1.807) is 24.4 Å². The number of anilines is 2. The molecule has 3 heterocycles. The number of methoxy groups -OCH3 is 1. The molecule has 1 aliphatic rings. The molecule has 2 amide bonds. The van der Waals surface area contributed by atoms with Crippen LogP contribution in [0.3, 0.4) is 0 Å². The van der Waals surface area contributed by atoms with Gasteiger partial charge in [0.1, 0.15) is 11.6 Å². The summed E-state index contributed by atoms with van der Waals surface area (Å²) in [4.78, 5) is 34.3. The summed E-state index contributed by atoms with van der Waals surface area (Å²) in [6.45, 7) is 2.75. The summed E-state index contributed by atoms with van der Waals surface area (Å²) in [5, 5.41) is 4.77. The van der Waals surface area contributed by atoms with E-state index in [-0.39, 0.29) is 11.8 Å². The predicted molar refractivity (Wildman–Crippen MR) is 118 cm³/mol. The molecule has 0 unspecified atom stereocenters. The number of nitrogens with zero attached hydrogens (tertiary/aromatic N) is 3. The summed E-state index contributed by atoms with van der Waals surface area (Å²) in [5.41, 5.74) is 1.08. The minimum absolute atomic E-state index is 0.0898. The number of para-hydroxylation sites is 1. The number of amides is 2. The minimum Gasteiger partial charge on any atom is -0.496 e. The van der Waals surface area contributed by atoms with Gasteiger partial charge in [-0.15, -0.1) is 11.3 Å². The first kappa shape index (κ1) is 19.9. The molecule has 1 fully saturated rings. The second kappa shape index (κ2) is 8.96. The van der Waals surface area contributed by atoms with E-state index in [9.17, 15) is 9.59 Å². The highest BCUT2D eigenvalue weighted by Gasteiger charge is 2.23. The van der Waals surface area contributed by atoms with Crippen LogP contribution in [0.1, 0.15) is 20.0 Å². The second-order valence-corrected chi connectivity index (χ2v) is 7.76. The summed E-state index contributed by atoms with van der Waals surface area (Å²) in [6.07, 6.45) is 1.64. The largest absolute Gasteiger partial charge is 0.496 e. The second-order valence-electron chi connectivity index (χ2n) is 6.82. The van der Waals surface area contributed by atoms with Gasteiger partial charge in [-0.3, -0.25) is 9.59 Å². The molecule has 0 aliphatic carbocycles. The Hall–Kier alpha value is -3.39. The fraction of sp³-hybridized carbons (Fsp3) is 0.227. The molecule has 0 bridgehead atoms. The normalized spacial score (nSPS) is 13.8. The predicted octanol–water partition coefficient (Wildman–Crippen LogP) is 3.37. The first-order valence-corrected chi connectivity index (χ1v) is 10.5. The summed E-state index contributed by atoms with van der Waals surface area (Å²) in [5.74, 6) is 1.19. The van der Waals surface area contributed by atoms with E-state index in [1.165, 1.54) is 18.4 Å². The Kier molecular flexibility index (Phi) is 5.94. The fourth-order valence-corrected chi connectivity index (χ4v) is 4.06. The number of carbonyl (C=O) groups is 2. The zero-order chi connectivity index (χ0) is 20.9. The lowest BCUT2D eigenvalue weighted by molar-refractivity contribution is 0.0751. The van der Waals surface area contributed by atoms with E-state index in [4.69, 9.17) is 4.74 Å². The molecule has 30 heavy (non-hydrogen) atoms. The van der Waals surface area contributed by atoms with Crippen molar-refractivity contribution in [2.45, 2.75) is 0 Å². The van der Waals surface area contributed by atoms with Gasteiger partial charge < -0.3 is 19.9 Å². The molecule has 154 valence electrons. The molecule has 4 rings (SSSR count). The van der Waals surface area contributed by atoms with Crippen LogP contribution in [-0.4, -0.2) is 55.0 Å². The van der Waals surface area contributed by atoms with Crippen molar-refractivity contribution in [3.8, 4) is 5.75 Å². The maximum atomic E-state index is 12.5. The Labute approximate surface area is 178 Å². The number of hydrogen-bond acceptors (Lipinski definition) is 6. The van der Waals surface area contributed by atoms with Crippen LogP contribution < -0.4 is 15.0 Å². The lowest BCUT2D eigenvalue weighted by Gasteiger charge is -2.35. The van der Waals surface area contributed by atoms with Crippen LogP contribution in [0.4, 0.5) is 11.5 Å². The SMILES string of the molecule is COc1ccccc1C(=O)Nc1ccc(N2CCN(C(=O)c3cccs3)CC2)nc1. The van der Waals surface area contributed by atoms with E-state index in [0.717, 1.165) is 23.8 Å². The Bertz CT molecular complexity index is 1010. The number of aromatic nitrogens is 1. The smallest absolute Gasteiger partial charge is 0.264 e. The molecule has 0 spiro atoms. The summed E-state index contributed by atoms with van der Waals surface area (Å²) >= 11 is 1.47. The standard InChI is InChI=1S/C22H22N4O3S/c1-29-18-6-3-2-5-17(18)21(27)24-16-8-9-20(23-15-16)25-10-12-26(13-11-25)22(28)19-7-4-14-30-19/h2-9,14-15H,10-13H2,1H3,(H,24,27). The van der Waals surface area contributed by atoms with E-state index in [2.05, 4.69) is 15.2 Å². The van der Waals surface area contributed by atoms with Gasteiger partial charge in [0.05, 0.1) is 29.4 Å². The lowest BCUT2D eigenvalue weighted by Crippen LogP contribution is -2.48. The number of thiophene rings is 1. The molecule has 1 aromatic carbocycles. The van der Waals surface area contributed by atoms with Gasteiger partial charge in [0.15, 0.2) is 0 Å². The zero-order valence-electron chi connectivity index (χ0n) is 16.6. The van der Waals surface area contributed by atoms with Gasteiger partial charge in [-0.05, 0) is 35.7 Å². The zero-order valence-corrected chi connectivity index (χ0v) is 17.4. The maximum Gasteiger partial charge on any atom is 0.264 e. The Morgan fingerprint density at radius 2 is 1.83 bits per heavy atom. The van der Waals surface area contributed by atoms with Crippen molar-refractivity contribution in [2.75, 3.05) is 43.5 Å². The van der Waals surface area contributed by atoms with Gasteiger partial charge in [0.2, 0.25) is 0 Å². The summed E-state index contributed by atoms with van der Waals surface area (Å²) in [7, 11) is 1.54. The maximum absolute atomic E-state index is 12.5. The first-order chi connectivity index (χ1) is 14.7. The topological polar surface area (TPSA) is 74.8 Å². The van der Waals surface area contributed by atoms with Crippen molar-refractivity contribution >= 4 is 34.7 Å². The number of pyridine rings is 1. The van der Waals surface area contributed by atoms with Crippen molar-refractivity contribution in [1.82, 2.24) is 9.88 Å². The molecular formula is C22H22N4O3S. The number of rotatable bonds is 5. The third kappa shape index (κ3) is 4.28. The number of ether oxygens (including phenoxy) is 1. The summed E-state index contributed by atoms with van der Waals surface area (Å²) in [6, 6.07) is 14.5. The van der Waals surface area contributed by atoms with E-state index in [1.807, 2.05) is 40.6 Å². The van der Waals surface area contributed by atoms with E-state index < -0.39 is 0 Å².